The molecule has 0 saturated heterocycles. The first kappa shape index (κ1) is 18.8. The van der Waals surface area contributed by atoms with E-state index in [0.717, 1.165) is 18.4 Å². The van der Waals surface area contributed by atoms with Gasteiger partial charge in [-0.2, -0.15) is 10.2 Å². The van der Waals surface area contributed by atoms with Crippen molar-refractivity contribution in [3.63, 3.8) is 0 Å². The van der Waals surface area contributed by atoms with Crippen LogP contribution >= 0.6 is 22.9 Å². The third-order valence-corrected chi connectivity index (χ3v) is 6.32. The molecule has 3 aromatic rings. The summed E-state index contributed by atoms with van der Waals surface area (Å²) in [6.07, 6.45) is 4.77. The molecule has 8 heteroatoms. The summed E-state index contributed by atoms with van der Waals surface area (Å²) in [7, 11) is 0. The van der Waals surface area contributed by atoms with Gasteiger partial charge < -0.3 is 0 Å². The van der Waals surface area contributed by atoms with E-state index in [4.69, 9.17) is 11.6 Å². The Morgan fingerprint density at radius 2 is 2.18 bits per heavy atom. The van der Waals surface area contributed by atoms with Gasteiger partial charge in [0.2, 0.25) is 0 Å². The molecule has 0 bridgehead atoms. The molecule has 1 amide bonds. The van der Waals surface area contributed by atoms with Gasteiger partial charge in [-0.1, -0.05) is 23.7 Å². The molecule has 1 aliphatic carbocycles. The van der Waals surface area contributed by atoms with Crippen LogP contribution in [0.3, 0.4) is 0 Å². The lowest BCUT2D eigenvalue weighted by Crippen LogP contribution is -2.16. The van der Waals surface area contributed by atoms with Gasteiger partial charge in [0.05, 0.1) is 28.9 Å². The molecular formula is C20H18ClFN4OS. The highest BCUT2D eigenvalue weighted by Crippen LogP contribution is 2.30. The Morgan fingerprint density at radius 3 is 2.93 bits per heavy atom. The number of fused-ring (bicyclic) bond motifs is 1. The average molecular weight is 417 g/mol. The van der Waals surface area contributed by atoms with E-state index in [9.17, 15) is 9.18 Å². The number of hydrazone groups is 1. The van der Waals surface area contributed by atoms with Gasteiger partial charge in [-0.15, -0.1) is 11.3 Å². The van der Waals surface area contributed by atoms with E-state index < -0.39 is 0 Å². The van der Waals surface area contributed by atoms with Gasteiger partial charge in [0.25, 0.3) is 5.91 Å². The lowest BCUT2D eigenvalue weighted by molar-refractivity contribution is 0.0959. The Hall–Kier alpha value is -2.51. The summed E-state index contributed by atoms with van der Waals surface area (Å²) in [5.41, 5.74) is 6.05. The fourth-order valence-electron chi connectivity index (χ4n) is 3.23. The van der Waals surface area contributed by atoms with Crippen LogP contribution in [-0.2, 0) is 19.4 Å². The Bertz CT molecular complexity index is 1030. The first-order chi connectivity index (χ1) is 13.5. The van der Waals surface area contributed by atoms with E-state index in [1.807, 2.05) is 13.0 Å². The zero-order chi connectivity index (χ0) is 19.7. The highest BCUT2D eigenvalue weighted by atomic mass is 35.5. The van der Waals surface area contributed by atoms with Gasteiger partial charge >= 0.3 is 0 Å². The fraction of sp³-hybridized carbons (Fsp3) is 0.250. The summed E-state index contributed by atoms with van der Waals surface area (Å²) >= 11 is 7.95. The molecule has 28 heavy (non-hydrogen) atoms. The van der Waals surface area contributed by atoms with E-state index in [1.165, 1.54) is 46.5 Å². The standard InChI is InChI=1S/C20H18ClFN4OS/c1-12-16(19(21)26(25-12)11-13-5-7-15(22)8-6-13)10-23-24-20(27)18-9-14-3-2-4-17(14)28-18/h5-10H,2-4,11H2,1H3,(H,24,27)/b23-10-. The second-order valence-electron chi connectivity index (χ2n) is 6.69. The largest absolute Gasteiger partial charge is 0.281 e. The van der Waals surface area contributed by atoms with Crippen LogP contribution in [0.4, 0.5) is 4.39 Å². The Balaban J connectivity index is 1.44. The molecule has 0 unspecified atom stereocenters. The molecule has 0 saturated carbocycles. The Kier molecular flexibility index (Phi) is 5.28. The molecule has 1 aromatic carbocycles. The number of aryl methyl sites for hydroxylation is 3. The molecule has 0 fully saturated rings. The molecule has 4 rings (SSSR count). The van der Waals surface area contributed by atoms with Gasteiger partial charge in [-0.05, 0) is 55.5 Å². The van der Waals surface area contributed by atoms with Crippen molar-refractivity contribution >= 4 is 35.1 Å². The van der Waals surface area contributed by atoms with Gasteiger partial charge in [0.15, 0.2) is 0 Å². The zero-order valence-electron chi connectivity index (χ0n) is 15.2. The molecule has 2 aromatic heterocycles. The van der Waals surface area contributed by atoms with Crippen molar-refractivity contribution < 1.29 is 9.18 Å². The summed E-state index contributed by atoms with van der Waals surface area (Å²) in [5, 5.41) is 8.87. The van der Waals surface area contributed by atoms with E-state index in [-0.39, 0.29) is 11.7 Å². The number of benzene rings is 1. The summed E-state index contributed by atoms with van der Waals surface area (Å²) < 4.78 is 14.7. The molecule has 1 aliphatic rings. The molecule has 0 radical (unpaired) electrons. The zero-order valence-corrected chi connectivity index (χ0v) is 16.8. The van der Waals surface area contributed by atoms with Crippen LogP contribution in [0.1, 0.15) is 43.4 Å². The predicted molar refractivity (Wildman–Crippen MR) is 109 cm³/mol. The summed E-state index contributed by atoms with van der Waals surface area (Å²) in [6, 6.07) is 8.14. The minimum absolute atomic E-state index is 0.219. The van der Waals surface area contributed by atoms with Crippen LogP contribution in [-0.4, -0.2) is 21.9 Å². The number of nitrogens with one attached hydrogen (secondary N) is 1. The number of amides is 1. The minimum atomic E-state index is -0.286. The molecule has 2 heterocycles. The van der Waals surface area contributed by atoms with Crippen LogP contribution in [0.15, 0.2) is 35.4 Å². The van der Waals surface area contributed by atoms with Crippen molar-refractivity contribution in [2.45, 2.75) is 32.7 Å². The molecule has 5 nitrogen and oxygen atoms in total. The molecular weight excluding hydrogens is 399 g/mol. The van der Waals surface area contributed by atoms with Crippen molar-refractivity contribution in [1.82, 2.24) is 15.2 Å². The quantitative estimate of drug-likeness (QED) is 0.496. The lowest BCUT2D eigenvalue weighted by Gasteiger charge is -2.03. The summed E-state index contributed by atoms with van der Waals surface area (Å²) in [4.78, 5) is 14.3. The monoisotopic (exact) mass is 416 g/mol. The molecule has 144 valence electrons. The van der Waals surface area contributed by atoms with Gasteiger partial charge in [-0.25, -0.2) is 14.5 Å². The minimum Gasteiger partial charge on any atom is -0.266 e. The number of thiophene rings is 1. The second-order valence-corrected chi connectivity index (χ2v) is 8.18. The average Bonchev–Trinajstić information content (AvgIpc) is 3.33. The number of halogens is 2. The highest BCUT2D eigenvalue weighted by Gasteiger charge is 2.18. The van der Waals surface area contributed by atoms with Crippen molar-refractivity contribution in [3.05, 3.63) is 73.4 Å². The summed E-state index contributed by atoms with van der Waals surface area (Å²) in [5.74, 6) is -0.505. The van der Waals surface area contributed by atoms with Crippen LogP contribution in [0.5, 0.6) is 0 Å². The Labute approximate surface area is 170 Å². The molecule has 0 spiro atoms. The van der Waals surface area contributed by atoms with E-state index >= 15 is 0 Å². The normalized spacial score (nSPS) is 13.2. The Morgan fingerprint density at radius 1 is 1.39 bits per heavy atom. The number of nitrogens with zero attached hydrogens (tertiary/aromatic N) is 3. The van der Waals surface area contributed by atoms with E-state index in [1.54, 1.807) is 16.8 Å². The van der Waals surface area contributed by atoms with Crippen molar-refractivity contribution in [2.24, 2.45) is 5.10 Å². The smallest absolute Gasteiger partial charge is 0.266 e. The van der Waals surface area contributed by atoms with Crippen molar-refractivity contribution in [1.29, 1.82) is 0 Å². The lowest BCUT2D eigenvalue weighted by atomic mass is 10.2. The highest BCUT2D eigenvalue weighted by molar-refractivity contribution is 7.14. The maximum absolute atomic E-state index is 13.0. The SMILES string of the molecule is Cc1nn(Cc2ccc(F)cc2)c(Cl)c1/C=N\NC(=O)c1cc2c(s1)CCC2. The maximum atomic E-state index is 13.0. The second kappa shape index (κ2) is 7.85. The third kappa shape index (κ3) is 3.86. The van der Waals surface area contributed by atoms with Gasteiger partial charge in [0, 0.05) is 4.88 Å². The van der Waals surface area contributed by atoms with E-state index in [2.05, 4.69) is 15.6 Å². The van der Waals surface area contributed by atoms with Crippen molar-refractivity contribution in [2.75, 3.05) is 0 Å². The van der Waals surface area contributed by atoms with Crippen LogP contribution in [0, 0.1) is 12.7 Å². The fourth-order valence-corrected chi connectivity index (χ4v) is 4.66. The van der Waals surface area contributed by atoms with Crippen molar-refractivity contribution in [3.8, 4) is 0 Å². The molecule has 0 aliphatic heterocycles. The van der Waals surface area contributed by atoms with Gasteiger partial charge in [0.1, 0.15) is 11.0 Å². The predicted octanol–water partition coefficient (Wildman–Crippen LogP) is 4.35. The molecule has 0 atom stereocenters. The van der Waals surface area contributed by atoms with E-state index in [0.29, 0.717) is 27.8 Å². The van der Waals surface area contributed by atoms with Crippen LogP contribution in [0.25, 0.3) is 0 Å². The third-order valence-electron chi connectivity index (χ3n) is 4.69. The van der Waals surface area contributed by atoms with Crippen LogP contribution in [0.2, 0.25) is 5.15 Å². The first-order valence-electron chi connectivity index (χ1n) is 8.93. The maximum Gasteiger partial charge on any atom is 0.281 e. The number of hydrogen-bond acceptors (Lipinski definition) is 4. The first-order valence-corrected chi connectivity index (χ1v) is 10.1. The van der Waals surface area contributed by atoms with Gasteiger partial charge in [-0.3, -0.25) is 4.79 Å². The number of hydrogen-bond donors (Lipinski definition) is 1. The number of aromatic nitrogens is 2. The summed E-state index contributed by atoms with van der Waals surface area (Å²) in [6.45, 7) is 2.24. The topological polar surface area (TPSA) is 59.3 Å². The molecule has 1 N–H and O–H groups in total. The number of rotatable bonds is 5. The number of carbonyl (C=O) groups excluding carboxylic acids is 1. The number of carbonyl (C=O) groups is 1. The van der Waals surface area contributed by atoms with Crippen LogP contribution < -0.4 is 5.43 Å².